The van der Waals surface area contributed by atoms with Crippen molar-refractivity contribution >= 4 is 22.0 Å². The van der Waals surface area contributed by atoms with Crippen LogP contribution in [0.25, 0.3) is 4.96 Å². The summed E-state index contributed by atoms with van der Waals surface area (Å²) < 4.78 is 1.55. The van der Waals surface area contributed by atoms with Crippen LogP contribution in [-0.4, -0.2) is 27.1 Å². The SMILES string of the molecule is CCC(CO)N(Cc1cc(=O)n2ccsc2n1)c1ccccc1. The van der Waals surface area contributed by atoms with Crippen molar-refractivity contribution in [3.05, 3.63) is 64.0 Å². The molecule has 23 heavy (non-hydrogen) atoms. The van der Waals surface area contributed by atoms with E-state index in [-0.39, 0.29) is 18.2 Å². The minimum Gasteiger partial charge on any atom is -0.394 e. The second kappa shape index (κ2) is 6.93. The number of thiazole rings is 1. The van der Waals surface area contributed by atoms with Crippen molar-refractivity contribution in [2.75, 3.05) is 11.5 Å². The van der Waals surface area contributed by atoms with Crippen LogP contribution in [0.1, 0.15) is 19.0 Å². The highest BCUT2D eigenvalue weighted by molar-refractivity contribution is 7.15. The third-order valence-corrected chi connectivity index (χ3v) is 4.66. The molecule has 0 saturated carbocycles. The number of aliphatic hydroxyl groups is 1. The highest BCUT2D eigenvalue weighted by atomic mass is 32.1. The van der Waals surface area contributed by atoms with Gasteiger partial charge in [0.2, 0.25) is 0 Å². The van der Waals surface area contributed by atoms with Gasteiger partial charge in [0.05, 0.1) is 24.9 Å². The van der Waals surface area contributed by atoms with Gasteiger partial charge in [0, 0.05) is 23.3 Å². The number of rotatable bonds is 6. The molecule has 0 aliphatic rings. The Hall–Kier alpha value is -2.18. The summed E-state index contributed by atoms with van der Waals surface area (Å²) in [6.45, 7) is 2.60. The average molecular weight is 329 g/mol. The smallest absolute Gasteiger partial charge is 0.258 e. The quantitative estimate of drug-likeness (QED) is 0.755. The van der Waals surface area contributed by atoms with Crippen LogP contribution in [-0.2, 0) is 6.54 Å². The molecule has 2 heterocycles. The summed E-state index contributed by atoms with van der Waals surface area (Å²) in [5.41, 5.74) is 1.66. The zero-order chi connectivity index (χ0) is 16.2. The first kappa shape index (κ1) is 15.7. The first-order valence-electron chi connectivity index (χ1n) is 7.61. The molecule has 6 heteroatoms. The van der Waals surface area contributed by atoms with Crippen molar-refractivity contribution < 1.29 is 5.11 Å². The summed E-state index contributed by atoms with van der Waals surface area (Å²) in [6.07, 6.45) is 2.54. The third-order valence-electron chi connectivity index (χ3n) is 3.90. The maximum atomic E-state index is 12.1. The van der Waals surface area contributed by atoms with Crippen molar-refractivity contribution in [3.63, 3.8) is 0 Å². The third kappa shape index (κ3) is 3.28. The van der Waals surface area contributed by atoms with Gasteiger partial charge in [0.15, 0.2) is 4.96 Å². The Labute approximate surface area is 138 Å². The molecule has 0 aliphatic heterocycles. The fourth-order valence-corrected chi connectivity index (χ4v) is 3.38. The van der Waals surface area contributed by atoms with Crippen LogP contribution in [0.5, 0.6) is 0 Å². The number of aliphatic hydroxyl groups excluding tert-OH is 1. The van der Waals surface area contributed by atoms with E-state index in [2.05, 4.69) is 9.88 Å². The highest BCUT2D eigenvalue weighted by Crippen LogP contribution is 2.21. The minimum absolute atomic E-state index is 0.0130. The molecule has 1 N–H and O–H groups in total. The minimum atomic E-state index is -0.0729. The highest BCUT2D eigenvalue weighted by Gasteiger charge is 2.18. The molecule has 2 aromatic heterocycles. The van der Waals surface area contributed by atoms with E-state index in [4.69, 9.17) is 0 Å². The molecule has 0 radical (unpaired) electrons. The Bertz CT molecular complexity index is 824. The maximum Gasteiger partial charge on any atom is 0.258 e. The lowest BCUT2D eigenvalue weighted by atomic mass is 10.1. The Morgan fingerprint density at radius 3 is 2.83 bits per heavy atom. The van der Waals surface area contributed by atoms with Crippen LogP contribution in [0.15, 0.2) is 52.8 Å². The first-order valence-corrected chi connectivity index (χ1v) is 8.49. The van der Waals surface area contributed by atoms with Gasteiger partial charge in [-0.05, 0) is 18.6 Å². The fraction of sp³-hybridized carbons (Fsp3) is 0.294. The van der Waals surface area contributed by atoms with Gasteiger partial charge < -0.3 is 10.0 Å². The summed E-state index contributed by atoms with van der Waals surface area (Å²) >= 11 is 1.44. The molecular weight excluding hydrogens is 310 g/mol. The van der Waals surface area contributed by atoms with Crippen LogP contribution in [0.3, 0.4) is 0 Å². The Morgan fingerprint density at radius 2 is 2.13 bits per heavy atom. The van der Waals surface area contributed by atoms with Crippen molar-refractivity contribution in [1.82, 2.24) is 9.38 Å². The molecule has 1 unspecified atom stereocenters. The molecule has 1 aromatic carbocycles. The zero-order valence-electron chi connectivity index (χ0n) is 12.9. The monoisotopic (exact) mass is 329 g/mol. The van der Waals surface area contributed by atoms with E-state index in [1.807, 2.05) is 42.6 Å². The second-order valence-electron chi connectivity index (χ2n) is 5.35. The van der Waals surface area contributed by atoms with Crippen LogP contribution >= 0.6 is 11.3 Å². The number of benzene rings is 1. The van der Waals surface area contributed by atoms with Crippen LogP contribution in [0.2, 0.25) is 0 Å². The van der Waals surface area contributed by atoms with E-state index in [0.29, 0.717) is 17.2 Å². The Balaban J connectivity index is 1.98. The number of nitrogens with zero attached hydrogens (tertiary/aromatic N) is 3. The number of anilines is 1. The number of hydrogen-bond acceptors (Lipinski definition) is 5. The van der Waals surface area contributed by atoms with Gasteiger partial charge in [-0.15, -0.1) is 11.3 Å². The molecule has 5 nitrogen and oxygen atoms in total. The van der Waals surface area contributed by atoms with E-state index in [1.54, 1.807) is 16.7 Å². The molecule has 3 rings (SSSR count). The molecular formula is C17H19N3O2S. The van der Waals surface area contributed by atoms with E-state index < -0.39 is 0 Å². The number of aromatic nitrogens is 2. The Morgan fingerprint density at radius 1 is 1.35 bits per heavy atom. The van der Waals surface area contributed by atoms with Crippen molar-refractivity contribution in [3.8, 4) is 0 Å². The van der Waals surface area contributed by atoms with Crippen LogP contribution in [0, 0.1) is 0 Å². The molecule has 120 valence electrons. The number of hydrogen-bond donors (Lipinski definition) is 1. The van der Waals surface area contributed by atoms with Crippen molar-refractivity contribution in [2.24, 2.45) is 0 Å². The van der Waals surface area contributed by atoms with Gasteiger partial charge in [-0.2, -0.15) is 0 Å². The van der Waals surface area contributed by atoms with E-state index in [9.17, 15) is 9.90 Å². The number of fused-ring (bicyclic) bond motifs is 1. The summed E-state index contributed by atoms with van der Waals surface area (Å²) in [5.74, 6) is 0. The lowest BCUT2D eigenvalue weighted by molar-refractivity contribution is 0.255. The van der Waals surface area contributed by atoms with Gasteiger partial charge in [-0.3, -0.25) is 9.20 Å². The largest absolute Gasteiger partial charge is 0.394 e. The van der Waals surface area contributed by atoms with Gasteiger partial charge in [0.25, 0.3) is 5.56 Å². The average Bonchev–Trinajstić information content (AvgIpc) is 3.05. The summed E-state index contributed by atoms with van der Waals surface area (Å²) in [5, 5.41) is 11.6. The van der Waals surface area contributed by atoms with Gasteiger partial charge in [-0.1, -0.05) is 25.1 Å². The van der Waals surface area contributed by atoms with Crippen LogP contribution < -0.4 is 10.5 Å². The fourth-order valence-electron chi connectivity index (χ4n) is 2.64. The van der Waals surface area contributed by atoms with Gasteiger partial charge >= 0.3 is 0 Å². The zero-order valence-corrected chi connectivity index (χ0v) is 13.7. The molecule has 3 aromatic rings. The molecule has 0 fully saturated rings. The Kier molecular flexibility index (Phi) is 4.73. The van der Waals surface area contributed by atoms with E-state index in [1.165, 1.54) is 11.3 Å². The van der Waals surface area contributed by atoms with E-state index in [0.717, 1.165) is 12.1 Å². The molecule has 0 spiro atoms. The topological polar surface area (TPSA) is 57.8 Å². The molecule has 0 amide bonds. The first-order chi connectivity index (χ1) is 11.2. The maximum absolute atomic E-state index is 12.1. The van der Waals surface area contributed by atoms with Crippen molar-refractivity contribution in [1.29, 1.82) is 0 Å². The summed E-state index contributed by atoms with van der Waals surface area (Å²) in [4.78, 5) is 19.5. The predicted octanol–water partition coefficient (Wildman–Crippen LogP) is 2.53. The molecule has 0 aliphatic carbocycles. The predicted molar refractivity (Wildman–Crippen MR) is 93.1 cm³/mol. The number of para-hydroxylation sites is 1. The standard InChI is InChI=1S/C17H19N3O2S/c1-2-14(12-21)20(15-6-4-3-5-7-15)11-13-10-16(22)19-8-9-23-17(19)18-13/h3-10,14,21H,2,11-12H2,1H3. The second-order valence-corrected chi connectivity index (χ2v) is 6.22. The lowest BCUT2D eigenvalue weighted by Crippen LogP contribution is -2.37. The van der Waals surface area contributed by atoms with Crippen LogP contribution in [0.4, 0.5) is 5.69 Å². The lowest BCUT2D eigenvalue weighted by Gasteiger charge is -2.31. The van der Waals surface area contributed by atoms with Gasteiger partial charge in [-0.25, -0.2) is 4.98 Å². The summed E-state index contributed by atoms with van der Waals surface area (Å²) in [7, 11) is 0. The molecule has 0 bridgehead atoms. The van der Waals surface area contributed by atoms with Crippen molar-refractivity contribution in [2.45, 2.75) is 25.9 Å². The molecule has 1 atom stereocenters. The molecule has 0 saturated heterocycles. The van der Waals surface area contributed by atoms with Gasteiger partial charge in [0.1, 0.15) is 0 Å². The summed E-state index contributed by atoms with van der Waals surface area (Å²) in [6, 6.07) is 11.5. The van der Waals surface area contributed by atoms with E-state index >= 15 is 0 Å². The normalized spacial score (nSPS) is 12.4.